The number of carbonyl (C=O) groups excluding carboxylic acids is 3. The summed E-state index contributed by atoms with van der Waals surface area (Å²) in [7, 11) is 0. The zero-order valence-corrected chi connectivity index (χ0v) is 24.7. The molecule has 0 aliphatic carbocycles. The SMILES string of the molecule is CC(=O)c1cc(NC(=O)N[C@@H]2CCN(Cc3ncon3)C[C@H]2CN2CCCC(Cc3ccc(F)cc3)C2)cc(C(C)=O)c1. The number of ketones is 2. The van der Waals surface area contributed by atoms with Crippen LogP contribution in [0.15, 0.2) is 53.4 Å². The van der Waals surface area contributed by atoms with Gasteiger partial charge in [0.1, 0.15) is 5.82 Å². The zero-order valence-electron chi connectivity index (χ0n) is 24.7. The van der Waals surface area contributed by atoms with E-state index in [2.05, 4.69) is 30.6 Å². The molecule has 2 aliphatic heterocycles. The highest BCUT2D eigenvalue weighted by Crippen LogP contribution is 2.26. The number of urea groups is 1. The Hall–Kier alpha value is -3.96. The van der Waals surface area contributed by atoms with Crippen LogP contribution in [0.4, 0.5) is 14.9 Å². The molecule has 0 spiro atoms. The molecule has 2 aromatic carbocycles. The minimum Gasteiger partial charge on any atom is -0.343 e. The standard InChI is InChI=1S/C32H39FN6O4/c1-21(40)25-13-26(22(2)41)15-29(14-25)35-32(42)36-30-9-11-39(19-31-34-20-43-37-31)18-27(30)17-38-10-3-4-24(16-38)12-23-5-7-28(33)8-6-23/h5-8,13-15,20,24,27,30H,3-4,9-12,16-19H2,1-2H3,(H2,35,36,42)/t24?,27-,30-/m1/s1. The number of amides is 2. The Labute approximate surface area is 251 Å². The number of benzene rings is 2. The molecular formula is C32H39FN6O4. The summed E-state index contributed by atoms with van der Waals surface area (Å²) >= 11 is 0. The van der Waals surface area contributed by atoms with Gasteiger partial charge >= 0.3 is 6.03 Å². The molecule has 1 unspecified atom stereocenters. The summed E-state index contributed by atoms with van der Waals surface area (Å²) in [5.41, 5.74) is 2.29. The molecular weight excluding hydrogens is 551 g/mol. The Morgan fingerprint density at radius 2 is 1.72 bits per heavy atom. The van der Waals surface area contributed by atoms with Gasteiger partial charge < -0.3 is 20.1 Å². The maximum atomic E-state index is 13.4. The van der Waals surface area contributed by atoms with Crippen LogP contribution in [0.3, 0.4) is 0 Å². The van der Waals surface area contributed by atoms with Crippen molar-refractivity contribution in [3.63, 3.8) is 0 Å². The van der Waals surface area contributed by atoms with Gasteiger partial charge in [0, 0.05) is 55.0 Å². The van der Waals surface area contributed by atoms with Gasteiger partial charge in [-0.05, 0) is 87.9 Å². The van der Waals surface area contributed by atoms with Gasteiger partial charge in [0.05, 0.1) is 6.54 Å². The maximum absolute atomic E-state index is 13.4. The molecule has 2 aliphatic rings. The van der Waals surface area contributed by atoms with Crippen molar-refractivity contribution in [1.82, 2.24) is 25.3 Å². The minimum atomic E-state index is -0.371. The number of rotatable bonds is 10. The number of halogens is 1. The third kappa shape index (κ3) is 8.55. The van der Waals surface area contributed by atoms with Gasteiger partial charge in [-0.2, -0.15) is 4.98 Å². The molecule has 3 heterocycles. The second-order valence-electron chi connectivity index (χ2n) is 11.8. The van der Waals surface area contributed by atoms with E-state index in [1.54, 1.807) is 18.2 Å². The molecule has 0 radical (unpaired) electrons. The first-order chi connectivity index (χ1) is 20.7. The first kappa shape index (κ1) is 30.5. The summed E-state index contributed by atoms with van der Waals surface area (Å²) in [4.78, 5) is 46.2. The number of nitrogens with one attached hydrogen (secondary N) is 2. The van der Waals surface area contributed by atoms with E-state index in [0.717, 1.165) is 64.0 Å². The van der Waals surface area contributed by atoms with E-state index in [9.17, 15) is 18.8 Å². The van der Waals surface area contributed by atoms with Crippen LogP contribution in [0.1, 0.15) is 65.2 Å². The molecule has 0 bridgehead atoms. The number of piperidine rings is 2. The van der Waals surface area contributed by atoms with Crippen LogP contribution < -0.4 is 10.6 Å². The molecule has 5 rings (SSSR count). The monoisotopic (exact) mass is 590 g/mol. The topological polar surface area (TPSA) is 121 Å². The van der Waals surface area contributed by atoms with Gasteiger partial charge in [0.15, 0.2) is 17.4 Å². The van der Waals surface area contributed by atoms with E-state index >= 15 is 0 Å². The highest BCUT2D eigenvalue weighted by Gasteiger charge is 2.33. The second-order valence-corrected chi connectivity index (χ2v) is 11.8. The molecule has 3 aromatic rings. The van der Waals surface area contributed by atoms with E-state index in [0.29, 0.717) is 35.1 Å². The molecule has 2 fully saturated rings. The van der Waals surface area contributed by atoms with Crippen molar-refractivity contribution in [2.45, 2.75) is 52.1 Å². The van der Waals surface area contributed by atoms with Crippen molar-refractivity contribution in [1.29, 1.82) is 0 Å². The number of hydrogen-bond donors (Lipinski definition) is 2. The van der Waals surface area contributed by atoms with Gasteiger partial charge in [-0.1, -0.05) is 17.3 Å². The zero-order chi connectivity index (χ0) is 30.3. The van der Waals surface area contributed by atoms with E-state index < -0.39 is 0 Å². The van der Waals surface area contributed by atoms with Gasteiger partial charge in [-0.25, -0.2) is 9.18 Å². The summed E-state index contributed by atoms with van der Waals surface area (Å²) in [5, 5.41) is 10.0. The first-order valence-corrected chi connectivity index (χ1v) is 14.9. The number of anilines is 1. The summed E-state index contributed by atoms with van der Waals surface area (Å²) in [6.45, 7) is 7.72. The van der Waals surface area contributed by atoms with Crippen molar-refractivity contribution in [2.24, 2.45) is 11.8 Å². The number of likely N-dealkylation sites (tertiary alicyclic amines) is 2. The summed E-state index contributed by atoms with van der Waals surface area (Å²) < 4.78 is 18.3. The van der Waals surface area contributed by atoms with E-state index in [4.69, 9.17) is 4.52 Å². The van der Waals surface area contributed by atoms with Gasteiger partial charge in [-0.15, -0.1) is 0 Å². The van der Waals surface area contributed by atoms with Crippen molar-refractivity contribution < 1.29 is 23.3 Å². The molecule has 0 saturated carbocycles. The van der Waals surface area contributed by atoms with Crippen LogP contribution in [0.5, 0.6) is 0 Å². The number of hydrogen-bond acceptors (Lipinski definition) is 8. The van der Waals surface area contributed by atoms with Crippen LogP contribution in [0.25, 0.3) is 0 Å². The fraction of sp³-hybridized carbons (Fsp3) is 0.469. The Morgan fingerprint density at radius 3 is 2.40 bits per heavy atom. The third-order valence-corrected chi connectivity index (χ3v) is 8.44. The highest BCUT2D eigenvalue weighted by atomic mass is 19.1. The molecule has 1 aromatic heterocycles. The molecule has 3 atom stereocenters. The van der Waals surface area contributed by atoms with Crippen LogP contribution in [-0.4, -0.2) is 76.3 Å². The summed E-state index contributed by atoms with van der Waals surface area (Å²) in [5.74, 6) is 0.681. The molecule has 2 saturated heterocycles. The molecule has 2 N–H and O–H groups in total. The normalized spacial score (nSPS) is 21.3. The lowest BCUT2D eigenvalue weighted by atomic mass is 9.88. The van der Waals surface area contributed by atoms with Crippen molar-refractivity contribution >= 4 is 23.3 Å². The smallest absolute Gasteiger partial charge is 0.319 e. The van der Waals surface area contributed by atoms with Gasteiger partial charge in [0.2, 0.25) is 6.39 Å². The predicted molar refractivity (Wildman–Crippen MR) is 159 cm³/mol. The van der Waals surface area contributed by atoms with Gasteiger partial charge in [0.25, 0.3) is 0 Å². The number of Topliss-reactive ketones (excluding diaryl/α,β-unsaturated/α-hetero) is 2. The van der Waals surface area contributed by atoms with Crippen LogP contribution in [-0.2, 0) is 13.0 Å². The molecule has 11 heteroatoms. The van der Waals surface area contributed by atoms with Crippen LogP contribution >= 0.6 is 0 Å². The molecule has 2 amide bonds. The van der Waals surface area contributed by atoms with E-state index in [1.807, 2.05) is 12.1 Å². The fourth-order valence-electron chi connectivity index (χ4n) is 6.30. The maximum Gasteiger partial charge on any atom is 0.319 e. The minimum absolute atomic E-state index is 0.0812. The first-order valence-electron chi connectivity index (χ1n) is 14.9. The average molecular weight is 591 g/mol. The Kier molecular flexibility index (Phi) is 9.93. The van der Waals surface area contributed by atoms with Crippen LogP contribution in [0.2, 0.25) is 0 Å². The lowest BCUT2D eigenvalue weighted by Crippen LogP contribution is -2.55. The molecule has 10 nitrogen and oxygen atoms in total. The van der Waals surface area contributed by atoms with Crippen molar-refractivity contribution in [2.75, 3.05) is 38.0 Å². The highest BCUT2D eigenvalue weighted by molar-refractivity contribution is 6.02. The third-order valence-electron chi connectivity index (χ3n) is 8.44. The second kappa shape index (κ2) is 14.0. The van der Waals surface area contributed by atoms with Gasteiger partial charge in [-0.3, -0.25) is 14.5 Å². The molecule has 43 heavy (non-hydrogen) atoms. The lowest BCUT2D eigenvalue weighted by Gasteiger charge is -2.42. The van der Waals surface area contributed by atoms with Crippen LogP contribution in [0, 0.1) is 17.7 Å². The van der Waals surface area contributed by atoms with Crippen molar-refractivity contribution in [3.05, 3.63) is 77.2 Å². The van der Waals surface area contributed by atoms with E-state index in [-0.39, 0.29) is 35.4 Å². The lowest BCUT2D eigenvalue weighted by molar-refractivity contribution is 0.0803. The largest absolute Gasteiger partial charge is 0.343 e. The number of nitrogens with zero attached hydrogens (tertiary/aromatic N) is 4. The average Bonchev–Trinajstić information content (AvgIpc) is 3.49. The summed E-state index contributed by atoms with van der Waals surface area (Å²) in [6.07, 6.45) is 5.22. The Bertz CT molecular complexity index is 1380. The number of carbonyl (C=O) groups is 3. The Morgan fingerprint density at radius 1 is 0.977 bits per heavy atom. The predicted octanol–water partition coefficient (Wildman–Crippen LogP) is 4.58. The fourth-order valence-corrected chi connectivity index (χ4v) is 6.30. The molecule has 228 valence electrons. The Balaban J connectivity index is 1.25. The summed E-state index contributed by atoms with van der Waals surface area (Å²) in [6, 6.07) is 11.1. The quantitative estimate of drug-likeness (QED) is 0.329. The van der Waals surface area contributed by atoms with Crippen molar-refractivity contribution in [3.8, 4) is 0 Å². The number of aromatic nitrogens is 2. The van der Waals surface area contributed by atoms with E-state index in [1.165, 1.54) is 32.4 Å².